The summed E-state index contributed by atoms with van der Waals surface area (Å²) in [6.45, 7) is 4.84. The highest BCUT2D eigenvalue weighted by Crippen LogP contribution is 2.31. The van der Waals surface area contributed by atoms with E-state index in [-0.39, 0.29) is 0 Å². The van der Waals surface area contributed by atoms with Crippen molar-refractivity contribution >= 4 is 0 Å². The van der Waals surface area contributed by atoms with E-state index in [1.54, 1.807) is 0 Å². The lowest BCUT2D eigenvalue weighted by atomic mass is 9.82. The summed E-state index contributed by atoms with van der Waals surface area (Å²) in [6.07, 6.45) is 1.31. The van der Waals surface area contributed by atoms with Gasteiger partial charge >= 0.3 is 0 Å². The topological polar surface area (TPSA) is 3.24 Å². The van der Waals surface area contributed by atoms with Crippen molar-refractivity contribution in [2.45, 2.75) is 19.3 Å². The standard InChI is InChI=1S/C13H19N/c1-11-10-14(2)9-8-13(11)12-6-4-3-5-7-12/h3-7,11,13H,8-10H2,1-2H3/t11-,13-/m1/s1. The minimum absolute atomic E-state index is 0.771. The van der Waals surface area contributed by atoms with E-state index in [1.807, 2.05) is 0 Å². The quantitative estimate of drug-likeness (QED) is 0.656. The van der Waals surface area contributed by atoms with Crippen LogP contribution in [0.5, 0.6) is 0 Å². The maximum Gasteiger partial charge on any atom is 0.000982 e. The van der Waals surface area contributed by atoms with Gasteiger partial charge in [0.1, 0.15) is 0 Å². The van der Waals surface area contributed by atoms with Crippen LogP contribution < -0.4 is 0 Å². The van der Waals surface area contributed by atoms with E-state index in [1.165, 1.54) is 25.1 Å². The maximum absolute atomic E-state index is 2.43. The van der Waals surface area contributed by atoms with Gasteiger partial charge in [0, 0.05) is 6.54 Å². The fraction of sp³-hybridized carbons (Fsp3) is 0.538. The van der Waals surface area contributed by atoms with Crippen molar-refractivity contribution in [3.8, 4) is 0 Å². The number of benzene rings is 1. The molecule has 1 aromatic carbocycles. The van der Waals surface area contributed by atoms with Crippen LogP contribution in [-0.4, -0.2) is 25.0 Å². The van der Waals surface area contributed by atoms with Crippen LogP contribution in [0.4, 0.5) is 0 Å². The van der Waals surface area contributed by atoms with Gasteiger partial charge in [-0.25, -0.2) is 0 Å². The third kappa shape index (κ3) is 1.98. The molecule has 0 aliphatic carbocycles. The van der Waals surface area contributed by atoms with Crippen LogP contribution in [0.3, 0.4) is 0 Å². The summed E-state index contributed by atoms with van der Waals surface area (Å²) in [5, 5.41) is 0. The molecule has 0 amide bonds. The highest BCUT2D eigenvalue weighted by molar-refractivity contribution is 5.20. The third-order valence-corrected chi connectivity index (χ3v) is 3.34. The Morgan fingerprint density at radius 1 is 1.21 bits per heavy atom. The maximum atomic E-state index is 2.43. The molecule has 2 rings (SSSR count). The van der Waals surface area contributed by atoms with Gasteiger partial charge in [0.2, 0.25) is 0 Å². The summed E-state index contributed by atoms with van der Waals surface area (Å²) in [7, 11) is 2.22. The Morgan fingerprint density at radius 3 is 2.57 bits per heavy atom. The summed E-state index contributed by atoms with van der Waals surface area (Å²) in [4.78, 5) is 2.43. The molecule has 0 saturated carbocycles. The molecular formula is C13H19N. The van der Waals surface area contributed by atoms with E-state index in [4.69, 9.17) is 0 Å². The largest absolute Gasteiger partial charge is 0.306 e. The molecule has 1 aromatic rings. The molecule has 1 aliphatic rings. The van der Waals surface area contributed by atoms with Gasteiger partial charge < -0.3 is 4.90 Å². The Morgan fingerprint density at radius 2 is 1.93 bits per heavy atom. The summed E-state index contributed by atoms with van der Waals surface area (Å²) in [6, 6.07) is 10.9. The lowest BCUT2D eigenvalue weighted by molar-refractivity contribution is 0.195. The van der Waals surface area contributed by atoms with E-state index < -0.39 is 0 Å². The van der Waals surface area contributed by atoms with Gasteiger partial charge in [-0.2, -0.15) is 0 Å². The van der Waals surface area contributed by atoms with E-state index in [2.05, 4.69) is 49.2 Å². The Kier molecular flexibility index (Phi) is 2.87. The van der Waals surface area contributed by atoms with Crippen molar-refractivity contribution in [2.75, 3.05) is 20.1 Å². The van der Waals surface area contributed by atoms with E-state index in [0.717, 1.165) is 11.8 Å². The Balaban J connectivity index is 2.12. The van der Waals surface area contributed by atoms with Crippen LogP contribution in [0, 0.1) is 5.92 Å². The number of hydrogen-bond acceptors (Lipinski definition) is 1. The number of likely N-dealkylation sites (tertiary alicyclic amines) is 1. The molecule has 14 heavy (non-hydrogen) atoms. The summed E-state index contributed by atoms with van der Waals surface area (Å²) in [5.41, 5.74) is 1.52. The minimum atomic E-state index is 0.771. The second-order valence-corrected chi connectivity index (χ2v) is 4.55. The fourth-order valence-corrected chi connectivity index (χ4v) is 2.55. The van der Waals surface area contributed by atoms with Crippen LogP contribution in [0.1, 0.15) is 24.8 Å². The molecule has 0 bridgehead atoms. The fourth-order valence-electron chi connectivity index (χ4n) is 2.55. The Hall–Kier alpha value is -0.820. The van der Waals surface area contributed by atoms with Gasteiger partial charge in [-0.3, -0.25) is 0 Å². The predicted octanol–water partition coefficient (Wildman–Crippen LogP) is 2.74. The first-order valence-electron chi connectivity index (χ1n) is 5.51. The molecule has 0 unspecified atom stereocenters. The van der Waals surface area contributed by atoms with Crippen molar-refractivity contribution in [3.63, 3.8) is 0 Å². The monoisotopic (exact) mass is 189 g/mol. The SMILES string of the molecule is C[C@@H]1CN(C)CC[C@H]1c1ccccc1. The molecule has 1 saturated heterocycles. The van der Waals surface area contributed by atoms with Crippen molar-refractivity contribution in [2.24, 2.45) is 5.92 Å². The predicted molar refractivity (Wildman–Crippen MR) is 60.5 cm³/mol. The van der Waals surface area contributed by atoms with Gasteiger partial charge in [-0.1, -0.05) is 37.3 Å². The second-order valence-electron chi connectivity index (χ2n) is 4.55. The number of hydrogen-bond donors (Lipinski definition) is 0. The molecule has 1 nitrogen and oxygen atoms in total. The summed E-state index contributed by atoms with van der Waals surface area (Å²) in [5.74, 6) is 1.56. The number of rotatable bonds is 1. The lowest BCUT2D eigenvalue weighted by Gasteiger charge is -2.35. The van der Waals surface area contributed by atoms with Crippen molar-refractivity contribution in [1.82, 2.24) is 4.90 Å². The average molecular weight is 189 g/mol. The highest BCUT2D eigenvalue weighted by Gasteiger charge is 2.24. The molecular weight excluding hydrogens is 170 g/mol. The van der Waals surface area contributed by atoms with Crippen molar-refractivity contribution in [1.29, 1.82) is 0 Å². The molecule has 2 atom stereocenters. The van der Waals surface area contributed by atoms with Crippen LogP contribution >= 0.6 is 0 Å². The van der Waals surface area contributed by atoms with Crippen molar-refractivity contribution in [3.05, 3.63) is 35.9 Å². The van der Waals surface area contributed by atoms with E-state index >= 15 is 0 Å². The molecule has 0 N–H and O–H groups in total. The van der Waals surface area contributed by atoms with Crippen molar-refractivity contribution < 1.29 is 0 Å². The molecule has 0 radical (unpaired) electrons. The summed E-state index contributed by atoms with van der Waals surface area (Å²) < 4.78 is 0. The van der Waals surface area contributed by atoms with Gasteiger partial charge in [0.25, 0.3) is 0 Å². The zero-order valence-electron chi connectivity index (χ0n) is 9.11. The van der Waals surface area contributed by atoms with Gasteiger partial charge in [0.05, 0.1) is 0 Å². The van der Waals surface area contributed by atoms with E-state index in [9.17, 15) is 0 Å². The van der Waals surface area contributed by atoms with Gasteiger partial charge in [-0.15, -0.1) is 0 Å². The molecule has 1 fully saturated rings. The molecule has 0 aromatic heterocycles. The first kappa shape index (κ1) is 9.72. The second kappa shape index (κ2) is 4.14. The molecule has 76 valence electrons. The normalized spacial score (nSPS) is 29.0. The number of piperidine rings is 1. The van der Waals surface area contributed by atoms with Crippen LogP contribution in [-0.2, 0) is 0 Å². The third-order valence-electron chi connectivity index (χ3n) is 3.34. The van der Waals surface area contributed by atoms with Gasteiger partial charge in [0.15, 0.2) is 0 Å². The molecule has 0 spiro atoms. The highest BCUT2D eigenvalue weighted by atomic mass is 15.1. The minimum Gasteiger partial charge on any atom is -0.306 e. The van der Waals surface area contributed by atoms with Gasteiger partial charge in [-0.05, 0) is 37.4 Å². The molecule has 1 heteroatoms. The first-order chi connectivity index (χ1) is 6.77. The average Bonchev–Trinajstić information content (AvgIpc) is 2.19. The van der Waals surface area contributed by atoms with E-state index in [0.29, 0.717) is 0 Å². The Bertz CT molecular complexity index is 281. The number of nitrogens with zero attached hydrogens (tertiary/aromatic N) is 1. The van der Waals surface area contributed by atoms with Crippen LogP contribution in [0.2, 0.25) is 0 Å². The lowest BCUT2D eigenvalue weighted by Crippen LogP contribution is -2.35. The molecule has 1 heterocycles. The first-order valence-corrected chi connectivity index (χ1v) is 5.51. The van der Waals surface area contributed by atoms with Crippen LogP contribution in [0.25, 0.3) is 0 Å². The smallest absolute Gasteiger partial charge is 0.000982 e. The summed E-state index contributed by atoms with van der Waals surface area (Å²) >= 11 is 0. The zero-order chi connectivity index (χ0) is 9.97. The van der Waals surface area contributed by atoms with Crippen LogP contribution in [0.15, 0.2) is 30.3 Å². The molecule has 1 aliphatic heterocycles. The zero-order valence-corrected chi connectivity index (χ0v) is 9.11. The Labute approximate surface area is 86.7 Å².